The number of halogens is 2. The lowest BCUT2D eigenvalue weighted by Gasteiger charge is -2.14. The molecule has 0 bridgehead atoms. The molecule has 0 spiro atoms. The van der Waals surface area contributed by atoms with Crippen molar-refractivity contribution in [2.75, 3.05) is 23.8 Å². The predicted molar refractivity (Wildman–Crippen MR) is 193 cm³/mol. The Labute approximate surface area is 290 Å². The zero-order valence-electron chi connectivity index (χ0n) is 25.8. The standard InChI is InChI=1S/C35H31BrClN5O4S/c1-4-45-31-16-23(15-28(36)33(31)46-19-32(43)39-27-14-7-22(3)29(37)17-27)18-38-42-34(44)25-10-8-24(9-11-25)30-20-47-35(41-30)40-26-12-5-21(2)6-13-26/h5-18,20H,4,19H2,1-3H3,(H,39,43)(H,40,41)(H,42,44)/b38-18+. The molecule has 4 aromatic carbocycles. The van der Waals surface area contributed by atoms with Gasteiger partial charge in [-0.2, -0.15) is 5.10 Å². The van der Waals surface area contributed by atoms with Crippen molar-refractivity contribution in [3.05, 3.63) is 116 Å². The molecule has 0 unspecified atom stereocenters. The number of ether oxygens (including phenoxy) is 2. The lowest BCUT2D eigenvalue weighted by Crippen LogP contribution is -2.20. The second-order valence-corrected chi connectivity index (χ2v) is 12.5. The molecule has 240 valence electrons. The average Bonchev–Trinajstić information content (AvgIpc) is 3.52. The first kappa shape index (κ1) is 33.6. The summed E-state index contributed by atoms with van der Waals surface area (Å²) >= 11 is 11.2. The molecule has 5 aromatic rings. The molecular formula is C35H31BrClN5O4S. The molecule has 47 heavy (non-hydrogen) atoms. The minimum absolute atomic E-state index is 0.250. The van der Waals surface area contributed by atoms with Gasteiger partial charge in [0.15, 0.2) is 23.2 Å². The molecule has 0 aliphatic rings. The molecule has 0 radical (unpaired) electrons. The predicted octanol–water partition coefficient (Wildman–Crippen LogP) is 8.77. The summed E-state index contributed by atoms with van der Waals surface area (Å²) in [6.45, 7) is 5.89. The molecule has 3 N–H and O–H groups in total. The zero-order chi connectivity index (χ0) is 33.3. The number of nitrogens with zero attached hydrogens (tertiary/aromatic N) is 2. The Kier molecular flexibility index (Phi) is 11.3. The summed E-state index contributed by atoms with van der Waals surface area (Å²) in [6, 6.07) is 24.0. The summed E-state index contributed by atoms with van der Waals surface area (Å²) in [5, 5.41) is 13.5. The fraction of sp³-hybridized carbons (Fsp3) is 0.143. The van der Waals surface area contributed by atoms with Gasteiger partial charge in [0.25, 0.3) is 11.8 Å². The van der Waals surface area contributed by atoms with Crippen molar-refractivity contribution in [2.24, 2.45) is 5.10 Å². The molecule has 12 heteroatoms. The molecular weight excluding hydrogens is 702 g/mol. The molecule has 9 nitrogen and oxygen atoms in total. The summed E-state index contributed by atoms with van der Waals surface area (Å²) in [6.07, 6.45) is 1.50. The minimum atomic E-state index is -0.363. The van der Waals surface area contributed by atoms with Crippen LogP contribution in [0, 0.1) is 13.8 Å². The molecule has 5 rings (SSSR count). The van der Waals surface area contributed by atoms with E-state index in [1.165, 1.54) is 23.1 Å². The lowest BCUT2D eigenvalue weighted by molar-refractivity contribution is -0.118. The van der Waals surface area contributed by atoms with Gasteiger partial charge < -0.3 is 20.1 Å². The van der Waals surface area contributed by atoms with E-state index in [1.54, 1.807) is 36.4 Å². The number of hydrogen-bond acceptors (Lipinski definition) is 8. The molecule has 0 atom stereocenters. The number of benzene rings is 4. The van der Waals surface area contributed by atoms with E-state index in [4.69, 9.17) is 21.1 Å². The van der Waals surface area contributed by atoms with Crippen LogP contribution < -0.4 is 25.5 Å². The van der Waals surface area contributed by atoms with Crippen molar-refractivity contribution in [1.82, 2.24) is 10.4 Å². The van der Waals surface area contributed by atoms with Crippen molar-refractivity contribution < 1.29 is 19.1 Å². The van der Waals surface area contributed by atoms with Gasteiger partial charge >= 0.3 is 0 Å². The van der Waals surface area contributed by atoms with Crippen LogP contribution in [0.1, 0.15) is 34.0 Å². The lowest BCUT2D eigenvalue weighted by atomic mass is 10.1. The maximum Gasteiger partial charge on any atom is 0.271 e. The van der Waals surface area contributed by atoms with E-state index < -0.39 is 0 Å². The van der Waals surface area contributed by atoms with E-state index in [1.807, 2.05) is 68.6 Å². The SMILES string of the molecule is CCOc1cc(/C=N/NC(=O)c2ccc(-c3csc(Nc4ccc(C)cc4)n3)cc2)cc(Br)c1OCC(=O)Nc1ccc(C)c(Cl)c1. The minimum Gasteiger partial charge on any atom is -0.490 e. The Balaban J connectivity index is 1.17. The van der Waals surface area contributed by atoms with Crippen molar-refractivity contribution >= 4 is 73.4 Å². The molecule has 1 heterocycles. The third-order valence-corrected chi connectivity index (χ3v) is 8.52. The fourth-order valence-electron chi connectivity index (χ4n) is 4.32. The van der Waals surface area contributed by atoms with Crippen molar-refractivity contribution in [3.8, 4) is 22.8 Å². The highest BCUT2D eigenvalue weighted by Gasteiger charge is 2.15. The summed E-state index contributed by atoms with van der Waals surface area (Å²) < 4.78 is 12.1. The molecule has 2 amide bonds. The number of anilines is 3. The quantitative estimate of drug-likeness (QED) is 0.0874. The van der Waals surface area contributed by atoms with Gasteiger partial charge in [-0.15, -0.1) is 11.3 Å². The Bertz CT molecular complexity index is 1910. The number of thiazole rings is 1. The van der Waals surface area contributed by atoms with Gasteiger partial charge in [0, 0.05) is 32.9 Å². The number of nitrogens with one attached hydrogen (secondary N) is 3. The molecule has 0 saturated heterocycles. The third-order valence-electron chi connectivity index (χ3n) is 6.76. The van der Waals surface area contributed by atoms with Gasteiger partial charge in [-0.1, -0.05) is 47.5 Å². The van der Waals surface area contributed by atoms with Gasteiger partial charge in [0.1, 0.15) is 0 Å². The monoisotopic (exact) mass is 731 g/mol. The number of hydrazone groups is 1. The van der Waals surface area contributed by atoms with E-state index >= 15 is 0 Å². The highest BCUT2D eigenvalue weighted by Crippen LogP contribution is 2.37. The number of hydrogen-bond donors (Lipinski definition) is 3. The highest BCUT2D eigenvalue weighted by atomic mass is 79.9. The van der Waals surface area contributed by atoms with E-state index in [0.29, 0.717) is 44.4 Å². The third kappa shape index (κ3) is 9.19. The summed E-state index contributed by atoms with van der Waals surface area (Å²) in [7, 11) is 0. The van der Waals surface area contributed by atoms with Crippen LogP contribution in [0.25, 0.3) is 11.3 Å². The smallest absolute Gasteiger partial charge is 0.271 e. The van der Waals surface area contributed by atoms with Crippen LogP contribution in [0.2, 0.25) is 5.02 Å². The number of rotatable bonds is 12. The number of aromatic nitrogens is 1. The average molecular weight is 733 g/mol. The number of amides is 2. The molecule has 1 aromatic heterocycles. The first-order chi connectivity index (χ1) is 22.7. The van der Waals surface area contributed by atoms with Crippen molar-refractivity contribution in [1.29, 1.82) is 0 Å². The molecule has 0 saturated carbocycles. The van der Waals surface area contributed by atoms with Gasteiger partial charge in [-0.3, -0.25) is 9.59 Å². The Morgan fingerprint density at radius 2 is 1.72 bits per heavy atom. The maximum absolute atomic E-state index is 12.8. The van der Waals surface area contributed by atoms with Crippen LogP contribution in [0.4, 0.5) is 16.5 Å². The molecule has 0 aliphatic heterocycles. The van der Waals surface area contributed by atoms with Gasteiger partial charge in [0.05, 0.1) is 23.0 Å². The van der Waals surface area contributed by atoms with Crippen LogP contribution in [0.15, 0.2) is 93.8 Å². The van der Waals surface area contributed by atoms with E-state index in [-0.39, 0.29) is 18.4 Å². The zero-order valence-corrected chi connectivity index (χ0v) is 28.9. The Hall–Kier alpha value is -4.71. The normalized spacial score (nSPS) is 10.9. The van der Waals surface area contributed by atoms with Crippen LogP contribution in [0.5, 0.6) is 11.5 Å². The van der Waals surface area contributed by atoms with E-state index in [0.717, 1.165) is 27.6 Å². The van der Waals surface area contributed by atoms with Crippen LogP contribution in [-0.2, 0) is 4.79 Å². The second-order valence-electron chi connectivity index (χ2n) is 10.4. The number of aryl methyl sites for hydroxylation is 2. The first-order valence-corrected chi connectivity index (χ1v) is 16.6. The summed E-state index contributed by atoms with van der Waals surface area (Å²) in [5.41, 5.74) is 9.00. The van der Waals surface area contributed by atoms with Crippen molar-refractivity contribution in [3.63, 3.8) is 0 Å². The van der Waals surface area contributed by atoms with Crippen LogP contribution in [-0.4, -0.2) is 36.2 Å². The largest absolute Gasteiger partial charge is 0.490 e. The second kappa shape index (κ2) is 15.7. The Morgan fingerprint density at radius 3 is 2.45 bits per heavy atom. The molecule has 0 fully saturated rings. The topological polar surface area (TPSA) is 114 Å². The fourth-order valence-corrected chi connectivity index (χ4v) is 5.81. The van der Waals surface area contributed by atoms with Gasteiger partial charge in [0.2, 0.25) is 0 Å². The van der Waals surface area contributed by atoms with Crippen LogP contribution in [0.3, 0.4) is 0 Å². The number of carbonyl (C=O) groups is 2. The van der Waals surface area contributed by atoms with Crippen molar-refractivity contribution in [2.45, 2.75) is 20.8 Å². The Morgan fingerprint density at radius 1 is 0.979 bits per heavy atom. The van der Waals surface area contributed by atoms with E-state index in [2.05, 4.69) is 42.1 Å². The number of carbonyl (C=O) groups excluding carboxylic acids is 2. The molecule has 0 aliphatic carbocycles. The van der Waals surface area contributed by atoms with Crippen LogP contribution >= 0.6 is 38.9 Å². The van der Waals surface area contributed by atoms with Gasteiger partial charge in [-0.05, 0) is 96.4 Å². The maximum atomic E-state index is 12.8. The summed E-state index contributed by atoms with van der Waals surface area (Å²) in [5.74, 6) is 0.0592. The van der Waals surface area contributed by atoms with E-state index in [9.17, 15) is 9.59 Å². The highest BCUT2D eigenvalue weighted by molar-refractivity contribution is 9.10. The summed E-state index contributed by atoms with van der Waals surface area (Å²) in [4.78, 5) is 30.0. The van der Waals surface area contributed by atoms with Gasteiger partial charge in [-0.25, -0.2) is 10.4 Å². The first-order valence-electron chi connectivity index (χ1n) is 14.6.